The second-order valence-electron chi connectivity index (χ2n) is 9.83. The van der Waals surface area contributed by atoms with Crippen LogP contribution in [0.25, 0.3) is 0 Å². The van der Waals surface area contributed by atoms with E-state index >= 15 is 0 Å². The predicted molar refractivity (Wildman–Crippen MR) is 142 cm³/mol. The molecule has 2 aliphatic heterocycles. The fourth-order valence-corrected chi connectivity index (χ4v) is 6.39. The van der Waals surface area contributed by atoms with Gasteiger partial charge in [-0.25, -0.2) is 0 Å². The minimum absolute atomic E-state index is 0.0163. The molecule has 6 heteroatoms. The topological polar surface area (TPSA) is 32.8 Å². The van der Waals surface area contributed by atoms with Gasteiger partial charge in [-0.2, -0.15) is 0 Å². The van der Waals surface area contributed by atoms with Crippen LogP contribution in [0.5, 0.6) is 5.75 Å². The lowest BCUT2D eigenvalue weighted by Crippen LogP contribution is -2.49. The van der Waals surface area contributed by atoms with Crippen LogP contribution >= 0.6 is 23.4 Å². The van der Waals surface area contributed by atoms with Gasteiger partial charge in [0.05, 0.1) is 12.1 Å². The molecule has 0 saturated carbocycles. The number of carbonyl (C=O) groups is 1. The molecule has 0 atom stereocenters. The Kier molecular flexibility index (Phi) is 8.84. The van der Waals surface area contributed by atoms with Crippen molar-refractivity contribution < 1.29 is 9.53 Å². The first-order chi connectivity index (χ1) is 16.4. The van der Waals surface area contributed by atoms with E-state index < -0.39 is 0 Å². The largest absolute Gasteiger partial charge is 0.496 e. The van der Waals surface area contributed by atoms with Crippen LogP contribution in [0.3, 0.4) is 0 Å². The number of thioether (sulfide) groups is 1. The van der Waals surface area contributed by atoms with Crippen LogP contribution < -0.4 is 4.74 Å². The summed E-state index contributed by atoms with van der Waals surface area (Å²) in [6, 6.07) is 15.1. The zero-order chi connectivity index (χ0) is 24.1. The van der Waals surface area contributed by atoms with Crippen molar-refractivity contribution >= 4 is 29.3 Å². The van der Waals surface area contributed by atoms with Gasteiger partial charge >= 0.3 is 0 Å². The number of likely N-dealkylation sites (tertiary alicyclic amines) is 2. The molecule has 2 aromatic carbocycles. The highest BCUT2D eigenvalue weighted by atomic mass is 35.5. The van der Waals surface area contributed by atoms with Crippen molar-refractivity contribution in [1.82, 2.24) is 9.80 Å². The van der Waals surface area contributed by atoms with Gasteiger partial charge in [0.2, 0.25) is 0 Å². The third-order valence-electron chi connectivity index (χ3n) is 7.15. The molecule has 0 aromatic heterocycles. The van der Waals surface area contributed by atoms with E-state index in [2.05, 4.69) is 43.0 Å². The molecular formula is C28H37ClN2O2S. The maximum atomic E-state index is 13.1. The van der Waals surface area contributed by atoms with Crippen LogP contribution in [0, 0.1) is 5.92 Å². The fraction of sp³-hybridized carbons (Fsp3) is 0.536. The van der Waals surface area contributed by atoms with E-state index in [0.29, 0.717) is 27.6 Å². The molecule has 1 amide bonds. The standard InChI is InChI=1S/C28H37ClN2O2S/c1-20(2)34-24-9-7-21(8-10-24)19-22-11-15-30(16-12-22)23-13-17-31(18-14-23)28(32)27-25(29)5-4-6-26(27)33-3/h4-10,20,22-23H,11-19H2,1-3H3. The monoisotopic (exact) mass is 500 g/mol. The second kappa shape index (κ2) is 11.8. The Morgan fingerprint density at radius 2 is 1.71 bits per heavy atom. The number of hydrogen-bond donors (Lipinski definition) is 0. The zero-order valence-corrected chi connectivity index (χ0v) is 22.2. The van der Waals surface area contributed by atoms with E-state index in [1.165, 1.54) is 42.8 Å². The molecule has 0 spiro atoms. The van der Waals surface area contributed by atoms with Gasteiger partial charge in [0.15, 0.2) is 0 Å². The van der Waals surface area contributed by atoms with Crippen molar-refractivity contribution in [3.8, 4) is 5.75 Å². The van der Waals surface area contributed by atoms with Crippen molar-refractivity contribution in [1.29, 1.82) is 0 Å². The SMILES string of the molecule is COc1cccc(Cl)c1C(=O)N1CCC(N2CCC(Cc3ccc(SC(C)C)cc3)CC2)CC1. The predicted octanol–water partition coefficient (Wildman–Crippen LogP) is 6.41. The van der Waals surface area contributed by atoms with Gasteiger partial charge in [-0.1, -0.05) is 43.6 Å². The molecule has 0 bridgehead atoms. The molecule has 0 radical (unpaired) electrons. The number of hydrogen-bond acceptors (Lipinski definition) is 4. The molecule has 34 heavy (non-hydrogen) atoms. The molecule has 2 fully saturated rings. The first-order valence-electron chi connectivity index (χ1n) is 12.6. The first-order valence-corrected chi connectivity index (χ1v) is 13.8. The van der Waals surface area contributed by atoms with Crippen LogP contribution in [0.2, 0.25) is 5.02 Å². The van der Waals surface area contributed by atoms with E-state index in [1.54, 1.807) is 19.2 Å². The molecule has 0 unspecified atom stereocenters. The lowest BCUT2D eigenvalue weighted by atomic mass is 9.88. The molecule has 2 heterocycles. The molecule has 4 nitrogen and oxygen atoms in total. The molecular weight excluding hydrogens is 464 g/mol. The average Bonchev–Trinajstić information content (AvgIpc) is 2.85. The van der Waals surface area contributed by atoms with Crippen molar-refractivity contribution in [2.75, 3.05) is 33.3 Å². The number of piperidine rings is 2. The van der Waals surface area contributed by atoms with Crippen LogP contribution in [0.1, 0.15) is 55.5 Å². The molecule has 0 aliphatic carbocycles. The second-order valence-corrected chi connectivity index (χ2v) is 11.9. The van der Waals surface area contributed by atoms with Gasteiger partial charge in [-0.15, -0.1) is 11.8 Å². The molecule has 2 aliphatic rings. The summed E-state index contributed by atoms with van der Waals surface area (Å²) in [5.74, 6) is 1.31. The Hall–Kier alpha value is -1.69. The van der Waals surface area contributed by atoms with E-state index in [0.717, 1.165) is 31.8 Å². The first kappa shape index (κ1) is 25.4. The third kappa shape index (κ3) is 6.30. The summed E-state index contributed by atoms with van der Waals surface area (Å²) in [5.41, 5.74) is 1.95. The summed E-state index contributed by atoms with van der Waals surface area (Å²) >= 11 is 8.26. The Morgan fingerprint density at radius 3 is 2.32 bits per heavy atom. The third-order valence-corrected chi connectivity index (χ3v) is 8.48. The quantitative estimate of drug-likeness (QED) is 0.411. The van der Waals surface area contributed by atoms with Crippen LogP contribution in [0.4, 0.5) is 0 Å². The van der Waals surface area contributed by atoms with Gasteiger partial charge in [0, 0.05) is 29.3 Å². The molecule has 4 rings (SSSR count). The highest BCUT2D eigenvalue weighted by molar-refractivity contribution is 7.99. The van der Waals surface area contributed by atoms with E-state index in [4.69, 9.17) is 16.3 Å². The lowest BCUT2D eigenvalue weighted by molar-refractivity contribution is 0.0550. The number of benzene rings is 2. The number of halogens is 1. The highest BCUT2D eigenvalue weighted by Crippen LogP contribution is 2.31. The van der Waals surface area contributed by atoms with E-state index in [-0.39, 0.29) is 5.91 Å². The highest BCUT2D eigenvalue weighted by Gasteiger charge is 2.31. The van der Waals surface area contributed by atoms with Crippen LogP contribution in [-0.2, 0) is 6.42 Å². The van der Waals surface area contributed by atoms with Crippen molar-refractivity contribution in [2.45, 2.75) is 62.1 Å². The summed E-state index contributed by atoms with van der Waals surface area (Å²) in [5, 5.41) is 1.08. The van der Waals surface area contributed by atoms with Gasteiger partial charge in [0.25, 0.3) is 5.91 Å². The summed E-state index contributed by atoms with van der Waals surface area (Å²) in [4.78, 5) is 19.1. The lowest BCUT2D eigenvalue weighted by Gasteiger charge is -2.42. The summed E-state index contributed by atoms with van der Waals surface area (Å²) in [7, 11) is 1.58. The van der Waals surface area contributed by atoms with Crippen molar-refractivity contribution in [3.05, 3.63) is 58.6 Å². The van der Waals surface area contributed by atoms with Gasteiger partial charge < -0.3 is 14.5 Å². The maximum absolute atomic E-state index is 13.1. The van der Waals surface area contributed by atoms with E-state index in [9.17, 15) is 4.79 Å². The maximum Gasteiger partial charge on any atom is 0.259 e. The van der Waals surface area contributed by atoms with Crippen LogP contribution in [0.15, 0.2) is 47.4 Å². The Labute approximate surface area is 214 Å². The normalized spacial score (nSPS) is 18.4. The van der Waals surface area contributed by atoms with Crippen molar-refractivity contribution in [2.24, 2.45) is 5.92 Å². The smallest absolute Gasteiger partial charge is 0.259 e. The molecule has 0 N–H and O–H groups in total. The number of amides is 1. The number of methoxy groups -OCH3 is 1. The van der Waals surface area contributed by atoms with E-state index in [1.807, 2.05) is 22.7 Å². The zero-order valence-electron chi connectivity index (χ0n) is 20.6. The number of nitrogens with zero attached hydrogens (tertiary/aromatic N) is 2. The molecule has 2 saturated heterocycles. The fourth-order valence-electron chi connectivity index (χ4n) is 5.31. The van der Waals surface area contributed by atoms with Crippen molar-refractivity contribution in [3.63, 3.8) is 0 Å². The number of carbonyl (C=O) groups excluding carboxylic acids is 1. The minimum atomic E-state index is -0.0163. The summed E-state index contributed by atoms with van der Waals surface area (Å²) < 4.78 is 5.39. The average molecular weight is 501 g/mol. The minimum Gasteiger partial charge on any atom is -0.496 e. The summed E-state index contributed by atoms with van der Waals surface area (Å²) in [6.07, 6.45) is 5.76. The molecule has 184 valence electrons. The van der Waals surface area contributed by atoms with Gasteiger partial charge in [0.1, 0.15) is 11.3 Å². The Bertz CT molecular complexity index is 949. The number of rotatable bonds is 7. The van der Waals surface area contributed by atoms with Gasteiger partial charge in [-0.3, -0.25) is 4.79 Å². The molecule has 2 aromatic rings. The van der Waals surface area contributed by atoms with Crippen LogP contribution in [-0.4, -0.2) is 60.3 Å². The number of ether oxygens (including phenoxy) is 1. The Morgan fingerprint density at radius 1 is 1.03 bits per heavy atom. The van der Waals surface area contributed by atoms with Gasteiger partial charge in [-0.05, 0) is 80.9 Å². The summed E-state index contributed by atoms with van der Waals surface area (Å²) in [6.45, 7) is 8.37. The Balaban J connectivity index is 1.24.